The monoisotopic (exact) mass is 377 g/mol. The standard InChI is InChI=1S/C16H12FN3O3S2/c1-10-19-14(9-24-10)11-4-2-5-12(8-11)15(21)20-25(22,23)16-13(17)6-3-7-18-16/h2-9H,1H3,(H,20,21). The maximum atomic E-state index is 13.6. The first-order valence-corrected chi connectivity index (χ1v) is 9.43. The van der Waals surface area contributed by atoms with Crippen molar-refractivity contribution in [2.24, 2.45) is 0 Å². The van der Waals surface area contributed by atoms with E-state index in [-0.39, 0.29) is 5.56 Å². The van der Waals surface area contributed by atoms with Gasteiger partial charge in [-0.25, -0.2) is 19.1 Å². The number of amides is 1. The third-order valence-electron chi connectivity index (χ3n) is 3.25. The van der Waals surface area contributed by atoms with E-state index in [1.807, 2.05) is 17.0 Å². The molecule has 128 valence electrons. The van der Waals surface area contributed by atoms with Crippen LogP contribution in [-0.4, -0.2) is 24.3 Å². The second kappa shape index (κ2) is 6.69. The number of thiazole rings is 1. The molecule has 3 rings (SSSR count). The quantitative estimate of drug-likeness (QED) is 0.755. The minimum atomic E-state index is -4.41. The van der Waals surface area contributed by atoms with Crippen molar-refractivity contribution < 1.29 is 17.6 Å². The smallest absolute Gasteiger partial charge is 0.268 e. The average Bonchev–Trinajstić information content (AvgIpc) is 3.01. The highest BCUT2D eigenvalue weighted by Gasteiger charge is 2.23. The zero-order valence-corrected chi connectivity index (χ0v) is 14.6. The highest BCUT2D eigenvalue weighted by atomic mass is 32.2. The Hall–Kier alpha value is -2.65. The van der Waals surface area contributed by atoms with E-state index in [4.69, 9.17) is 0 Å². The molecule has 0 aliphatic heterocycles. The number of sulfonamides is 1. The van der Waals surface area contributed by atoms with Crippen LogP contribution in [0.3, 0.4) is 0 Å². The Bertz CT molecular complexity index is 1050. The van der Waals surface area contributed by atoms with Gasteiger partial charge in [-0.2, -0.15) is 8.42 Å². The molecule has 1 N–H and O–H groups in total. The van der Waals surface area contributed by atoms with Gasteiger partial charge in [0.1, 0.15) is 0 Å². The van der Waals surface area contributed by atoms with Crippen molar-refractivity contribution >= 4 is 27.3 Å². The van der Waals surface area contributed by atoms with Gasteiger partial charge < -0.3 is 0 Å². The minimum absolute atomic E-state index is 0.114. The molecular formula is C16H12FN3O3S2. The van der Waals surface area contributed by atoms with E-state index in [1.165, 1.54) is 29.5 Å². The van der Waals surface area contributed by atoms with Crippen LogP contribution in [0, 0.1) is 12.7 Å². The number of rotatable bonds is 4. The van der Waals surface area contributed by atoms with Crippen LogP contribution in [0.5, 0.6) is 0 Å². The second-order valence-electron chi connectivity index (χ2n) is 5.06. The average molecular weight is 377 g/mol. The first-order valence-electron chi connectivity index (χ1n) is 7.07. The molecule has 0 saturated carbocycles. The van der Waals surface area contributed by atoms with Gasteiger partial charge in [-0.15, -0.1) is 11.3 Å². The van der Waals surface area contributed by atoms with Crippen LogP contribution in [-0.2, 0) is 10.0 Å². The molecule has 9 heteroatoms. The van der Waals surface area contributed by atoms with Gasteiger partial charge in [-0.05, 0) is 31.2 Å². The van der Waals surface area contributed by atoms with Crippen LogP contribution in [0.1, 0.15) is 15.4 Å². The topological polar surface area (TPSA) is 89.0 Å². The molecule has 2 aromatic heterocycles. The van der Waals surface area contributed by atoms with Crippen molar-refractivity contribution in [1.82, 2.24) is 14.7 Å². The first-order chi connectivity index (χ1) is 11.9. The molecule has 0 spiro atoms. The molecular weight excluding hydrogens is 365 g/mol. The molecule has 0 radical (unpaired) electrons. The molecule has 3 aromatic rings. The van der Waals surface area contributed by atoms with Gasteiger partial charge >= 0.3 is 0 Å². The predicted molar refractivity (Wildman–Crippen MR) is 91.1 cm³/mol. The van der Waals surface area contributed by atoms with E-state index in [0.29, 0.717) is 11.3 Å². The summed E-state index contributed by atoms with van der Waals surface area (Å²) in [5.74, 6) is -1.91. The number of nitrogens with zero attached hydrogens (tertiary/aromatic N) is 2. The van der Waals surface area contributed by atoms with Gasteiger partial charge in [0, 0.05) is 22.7 Å². The normalized spacial score (nSPS) is 11.3. The molecule has 0 aliphatic carbocycles. The van der Waals surface area contributed by atoms with Crippen LogP contribution in [0.2, 0.25) is 0 Å². The van der Waals surface area contributed by atoms with Crippen molar-refractivity contribution in [2.75, 3.05) is 0 Å². The number of carbonyl (C=O) groups is 1. The zero-order valence-electron chi connectivity index (χ0n) is 12.9. The number of aromatic nitrogens is 2. The molecule has 0 aliphatic rings. The summed E-state index contributed by atoms with van der Waals surface area (Å²) in [4.78, 5) is 20.1. The molecule has 0 saturated heterocycles. The summed E-state index contributed by atoms with van der Waals surface area (Å²) in [5.41, 5.74) is 1.48. The van der Waals surface area contributed by atoms with Gasteiger partial charge in [-0.1, -0.05) is 12.1 Å². The van der Waals surface area contributed by atoms with Gasteiger partial charge in [0.05, 0.1) is 10.7 Å². The number of nitrogens with one attached hydrogen (secondary N) is 1. The van der Waals surface area contributed by atoms with E-state index in [0.717, 1.165) is 17.3 Å². The van der Waals surface area contributed by atoms with E-state index in [9.17, 15) is 17.6 Å². The molecule has 0 unspecified atom stereocenters. The Kier molecular flexibility index (Phi) is 4.60. The van der Waals surface area contributed by atoms with E-state index < -0.39 is 26.8 Å². The fraction of sp³-hybridized carbons (Fsp3) is 0.0625. The molecule has 6 nitrogen and oxygen atoms in total. The SMILES string of the molecule is Cc1nc(-c2cccc(C(=O)NS(=O)(=O)c3ncccc3F)c2)cs1. The molecule has 2 heterocycles. The summed E-state index contributed by atoms with van der Waals surface area (Å²) in [6, 6.07) is 8.58. The van der Waals surface area contributed by atoms with Crippen LogP contribution >= 0.6 is 11.3 Å². The lowest BCUT2D eigenvalue weighted by molar-refractivity contribution is 0.0981. The summed E-state index contributed by atoms with van der Waals surface area (Å²) in [6.45, 7) is 1.86. The molecule has 25 heavy (non-hydrogen) atoms. The summed E-state index contributed by atoms with van der Waals surface area (Å²) in [7, 11) is -4.41. The van der Waals surface area contributed by atoms with Crippen molar-refractivity contribution in [3.63, 3.8) is 0 Å². The highest BCUT2D eigenvalue weighted by molar-refractivity contribution is 7.90. The van der Waals surface area contributed by atoms with Crippen molar-refractivity contribution in [2.45, 2.75) is 11.9 Å². The third-order valence-corrected chi connectivity index (χ3v) is 5.28. The maximum absolute atomic E-state index is 13.6. The van der Waals surface area contributed by atoms with Gasteiger partial charge in [0.15, 0.2) is 5.82 Å². The van der Waals surface area contributed by atoms with Gasteiger partial charge in [0.25, 0.3) is 15.9 Å². The van der Waals surface area contributed by atoms with Crippen molar-refractivity contribution in [3.8, 4) is 11.3 Å². The Morgan fingerprint density at radius 2 is 2.04 bits per heavy atom. The minimum Gasteiger partial charge on any atom is -0.268 e. The molecule has 0 bridgehead atoms. The fourth-order valence-corrected chi connectivity index (χ4v) is 3.72. The maximum Gasteiger partial charge on any atom is 0.284 e. The van der Waals surface area contributed by atoms with E-state index in [1.54, 1.807) is 12.1 Å². The number of benzene rings is 1. The molecule has 1 aromatic carbocycles. The number of halogens is 1. The Balaban J connectivity index is 1.88. The van der Waals surface area contributed by atoms with Crippen LogP contribution < -0.4 is 4.72 Å². The molecule has 0 atom stereocenters. The molecule has 0 fully saturated rings. The van der Waals surface area contributed by atoms with Crippen LogP contribution in [0.25, 0.3) is 11.3 Å². The number of aryl methyl sites for hydroxylation is 1. The summed E-state index contributed by atoms with van der Waals surface area (Å²) in [6.07, 6.45) is 1.13. The number of carbonyl (C=O) groups excluding carboxylic acids is 1. The highest BCUT2D eigenvalue weighted by Crippen LogP contribution is 2.22. The Morgan fingerprint density at radius 3 is 2.72 bits per heavy atom. The number of hydrogen-bond donors (Lipinski definition) is 1. The van der Waals surface area contributed by atoms with Crippen LogP contribution in [0.4, 0.5) is 4.39 Å². The lowest BCUT2D eigenvalue weighted by Crippen LogP contribution is -2.31. The summed E-state index contributed by atoms with van der Waals surface area (Å²) in [5, 5.41) is 1.89. The second-order valence-corrected chi connectivity index (χ2v) is 7.72. The lowest BCUT2D eigenvalue weighted by Gasteiger charge is -2.07. The number of pyridine rings is 1. The third kappa shape index (κ3) is 3.72. The fourth-order valence-electron chi connectivity index (χ4n) is 2.11. The first kappa shape index (κ1) is 17.2. The largest absolute Gasteiger partial charge is 0.284 e. The molecule has 1 amide bonds. The van der Waals surface area contributed by atoms with Crippen molar-refractivity contribution in [3.05, 3.63) is 64.4 Å². The van der Waals surface area contributed by atoms with E-state index in [2.05, 4.69) is 9.97 Å². The summed E-state index contributed by atoms with van der Waals surface area (Å²) >= 11 is 1.46. The zero-order chi connectivity index (χ0) is 18.0. The Morgan fingerprint density at radius 1 is 1.24 bits per heavy atom. The Labute approximate surface area is 147 Å². The van der Waals surface area contributed by atoms with Gasteiger partial charge in [0.2, 0.25) is 5.03 Å². The van der Waals surface area contributed by atoms with Crippen molar-refractivity contribution in [1.29, 1.82) is 0 Å². The number of hydrogen-bond acceptors (Lipinski definition) is 6. The lowest BCUT2D eigenvalue weighted by atomic mass is 10.1. The van der Waals surface area contributed by atoms with Gasteiger partial charge in [-0.3, -0.25) is 4.79 Å². The van der Waals surface area contributed by atoms with Crippen LogP contribution in [0.15, 0.2) is 53.0 Å². The predicted octanol–water partition coefficient (Wildman–Crippen LogP) is 2.77. The summed E-state index contributed by atoms with van der Waals surface area (Å²) < 4.78 is 39.8. The van der Waals surface area contributed by atoms with E-state index >= 15 is 0 Å².